The molecule has 9 N–H and O–H groups in total. The molecule has 0 unspecified atom stereocenters. The van der Waals surface area contributed by atoms with Gasteiger partial charge in [0, 0.05) is 29.4 Å². The Bertz CT molecular complexity index is 2370. The molecule has 4 aromatic rings. The van der Waals surface area contributed by atoms with Crippen LogP contribution in [0.1, 0.15) is 92.1 Å². The van der Waals surface area contributed by atoms with E-state index in [-0.39, 0.29) is 80.0 Å². The molecule has 0 spiro atoms. The van der Waals surface area contributed by atoms with Crippen LogP contribution in [0.5, 0.6) is 0 Å². The molecule has 0 amide bonds. The van der Waals surface area contributed by atoms with Gasteiger partial charge in [-0.05, 0) is 43.2 Å². The quantitative estimate of drug-likeness (QED) is 0.0172. The molecule has 0 saturated heterocycles. The molecule has 0 bridgehead atoms. The van der Waals surface area contributed by atoms with Crippen molar-refractivity contribution in [2.24, 2.45) is 15.4 Å². The molecule has 4 rings (SSSR count). The van der Waals surface area contributed by atoms with Gasteiger partial charge in [0.25, 0.3) is 10.1 Å². The molecule has 0 radical (unpaired) electrons. The standard InChI is InChI=1S/C15H10N2O2.C13H16O8S.C8H6O4.C6H10O4.C2H6O2.Na.H/c18-11-16-15(17-12-19,13-7-3-1-4-8-13)14-9-5-2-6-10-14;1-13(2,6-14)7-21-12(17)9-5-3-4-8(11(15)16)10(9)22(18,19)20;9-7(10)5-2-1-3-6(4-5)8(11)12;7-5(8)3-1-2-4-6(9)10;3-1-2-4;;/h1-10H;3-5,14H,6-7H2,1-2H3,(H,15,16)(H,18,19,20);1-4H,(H,9,10)(H,11,12);1-4H2,(H,7,8)(H,9,10);3-4H,1-2H2;;. The van der Waals surface area contributed by atoms with Gasteiger partial charge in [0.15, 0.2) is 0 Å². The minimum atomic E-state index is -4.94. The summed E-state index contributed by atoms with van der Waals surface area (Å²) in [5.74, 6) is -6.72. The number of aliphatic carboxylic acids is 2. The number of esters is 1. The topological polar surface area (TPSA) is 387 Å². The van der Waals surface area contributed by atoms with Gasteiger partial charge in [-0.25, -0.2) is 28.8 Å². The van der Waals surface area contributed by atoms with E-state index in [1.165, 1.54) is 30.4 Å². The number of carbonyl (C=O) groups is 6. The number of carboxylic acids is 5. The number of ether oxygens (including phenoxy) is 1. The molecule has 362 valence electrons. The number of carboxylic acid groups (broad SMARTS) is 5. The normalized spacial score (nSPS) is 10.1. The first-order valence-corrected chi connectivity index (χ1v) is 20.5. The van der Waals surface area contributed by atoms with Crippen LogP contribution in [0.25, 0.3) is 0 Å². The molecule has 0 heterocycles. The van der Waals surface area contributed by atoms with E-state index in [0.29, 0.717) is 24.0 Å². The maximum absolute atomic E-state index is 12.0. The van der Waals surface area contributed by atoms with Crippen molar-refractivity contribution in [2.75, 3.05) is 26.4 Å². The van der Waals surface area contributed by atoms with E-state index in [9.17, 15) is 51.3 Å². The van der Waals surface area contributed by atoms with Crippen molar-refractivity contribution in [3.8, 4) is 0 Å². The van der Waals surface area contributed by atoms with Crippen LogP contribution in [-0.2, 0) is 39.7 Å². The van der Waals surface area contributed by atoms with Crippen molar-refractivity contribution in [1.82, 2.24) is 0 Å². The fraction of sp³-hybridized carbons (Fsp3) is 0.273. The number of hydrogen-bond donors (Lipinski definition) is 9. The second-order valence-electron chi connectivity index (χ2n) is 13.8. The van der Waals surface area contributed by atoms with Crippen LogP contribution >= 0.6 is 0 Å². The number of aliphatic imine (C=N–C) groups is 2. The average molecular weight is 981 g/mol. The predicted octanol–water partition coefficient (Wildman–Crippen LogP) is 3.49. The molecule has 0 saturated carbocycles. The summed E-state index contributed by atoms with van der Waals surface area (Å²) in [6.07, 6.45) is 4.00. The van der Waals surface area contributed by atoms with Crippen LogP contribution in [0.2, 0.25) is 0 Å². The van der Waals surface area contributed by atoms with Crippen molar-refractivity contribution in [1.29, 1.82) is 0 Å². The van der Waals surface area contributed by atoms with Gasteiger partial charge in [0.05, 0.1) is 48.7 Å². The summed E-state index contributed by atoms with van der Waals surface area (Å²) in [5, 5.41) is 66.6. The van der Waals surface area contributed by atoms with Gasteiger partial charge >= 0.3 is 65.4 Å². The summed E-state index contributed by atoms with van der Waals surface area (Å²) in [6, 6.07) is 26.1. The Morgan fingerprint density at radius 3 is 1.32 bits per heavy atom. The van der Waals surface area contributed by atoms with E-state index in [0.717, 1.165) is 24.3 Å². The van der Waals surface area contributed by atoms with Crippen LogP contribution in [0, 0.1) is 5.41 Å². The first-order chi connectivity index (χ1) is 31.5. The Morgan fingerprint density at radius 2 is 1.00 bits per heavy atom. The number of aromatic carboxylic acids is 3. The van der Waals surface area contributed by atoms with Gasteiger partial charge < -0.3 is 45.6 Å². The molecule has 68 heavy (non-hydrogen) atoms. The van der Waals surface area contributed by atoms with Crippen molar-refractivity contribution in [3.63, 3.8) is 0 Å². The number of nitrogens with zero attached hydrogens (tertiary/aromatic N) is 2. The van der Waals surface area contributed by atoms with Crippen LogP contribution in [0.3, 0.4) is 0 Å². The molecular weight excluding hydrogens is 932 g/mol. The van der Waals surface area contributed by atoms with Gasteiger partial charge in [0.1, 0.15) is 4.90 Å². The molecule has 4 aromatic carbocycles. The zero-order valence-corrected chi connectivity index (χ0v) is 36.6. The summed E-state index contributed by atoms with van der Waals surface area (Å²) in [5.41, 5.74) is -2.32. The maximum atomic E-state index is 12.0. The summed E-state index contributed by atoms with van der Waals surface area (Å²) >= 11 is 0. The van der Waals surface area contributed by atoms with Crippen LogP contribution in [0.15, 0.2) is 118 Å². The van der Waals surface area contributed by atoms with E-state index >= 15 is 0 Å². The first kappa shape index (κ1) is 63.3. The van der Waals surface area contributed by atoms with Crippen molar-refractivity contribution in [3.05, 3.63) is 137 Å². The zero-order chi connectivity index (χ0) is 51.2. The SMILES string of the molecule is CC(C)(CO)COC(=O)c1cccc(C(=O)O)c1S(=O)(=O)O.O=C(O)CCCCC(=O)O.O=C(O)c1cccc(C(=O)O)c1.O=C=NC(N=C=O)(c1ccccc1)c1ccccc1.OCCO.[NaH]. The molecule has 0 aromatic heterocycles. The monoisotopic (exact) mass is 980 g/mol. The van der Waals surface area contributed by atoms with Crippen molar-refractivity contribution in [2.45, 2.75) is 50.1 Å². The van der Waals surface area contributed by atoms with Gasteiger partial charge in [-0.3, -0.25) is 14.1 Å². The Kier molecular flexibility index (Phi) is 30.6. The molecule has 0 aliphatic rings. The number of benzene rings is 4. The number of isocyanates is 2. The molecule has 24 heteroatoms. The van der Waals surface area contributed by atoms with Crippen molar-refractivity contribution < 1.29 is 96.9 Å². The number of carbonyl (C=O) groups excluding carboxylic acids is 3. The molecule has 0 aliphatic carbocycles. The van der Waals surface area contributed by atoms with E-state index in [1.54, 1.807) is 62.4 Å². The number of hydrogen-bond acceptors (Lipinski definition) is 16. The zero-order valence-electron chi connectivity index (χ0n) is 35.8. The van der Waals surface area contributed by atoms with E-state index in [4.69, 9.17) is 45.6 Å². The first-order valence-electron chi connectivity index (χ1n) is 19.1. The number of unbranched alkanes of at least 4 members (excludes halogenated alkanes) is 1. The van der Waals surface area contributed by atoms with Gasteiger partial charge in [-0.15, -0.1) is 0 Å². The second-order valence-corrected chi connectivity index (χ2v) is 15.2. The number of rotatable bonds is 18. The molecule has 0 fully saturated rings. The van der Waals surface area contributed by atoms with Crippen LogP contribution in [-0.4, -0.2) is 158 Å². The van der Waals surface area contributed by atoms with Gasteiger partial charge in [-0.1, -0.05) is 86.6 Å². The van der Waals surface area contributed by atoms with Crippen molar-refractivity contribution >= 4 is 87.7 Å². The minimum absolute atomic E-state index is 0. The number of aliphatic hydroxyl groups excluding tert-OH is 3. The average Bonchev–Trinajstić information content (AvgIpc) is 3.30. The molecular formula is C44H49N2NaO20S. The van der Waals surface area contributed by atoms with Gasteiger partial charge in [0.2, 0.25) is 17.8 Å². The third-order valence-electron chi connectivity index (χ3n) is 8.00. The molecule has 0 aliphatic heterocycles. The molecule has 0 atom stereocenters. The fourth-order valence-electron chi connectivity index (χ4n) is 4.79. The van der Waals surface area contributed by atoms with E-state index in [2.05, 4.69) is 9.98 Å². The Morgan fingerprint density at radius 1 is 0.603 bits per heavy atom. The number of aliphatic hydroxyl groups is 3. The Labute approximate surface area is 411 Å². The molecule has 22 nitrogen and oxygen atoms in total. The van der Waals surface area contributed by atoms with E-state index < -0.39 is 73.0 Å². The second kappa shape index (κ2) is 32.8. The fourth-order valence-corrected chi connectivity index (χ4v) is 5.65. The Balaban J connectivity index is 0. The summed E-state index contributed by atoms with van der Waals surface area (Å²) in [4.78, 5) is 91.6. The third-order valence-corrected chi connectivity index (χ3v) is 8.96. The van der Waals surface area contributed by atoms with Crippen LogP contribution in [0.4, 0.5) is 0 Å². The Hall–Kier alpha value is -6.75. The van der Waals surface area contributed by atoms with E-state index in [1.807, 2.05) is 12.1 Å². The van der Waals surface area contributed by atoms with Crippen LogP contribution < -0.4 is 0 Å². The summed E-state index contributed by atoms with van der Waals surface area (Å²) in [6.45, 7) is 2.47. The summed E-state index contributed by atoms with van der Waals surface area (Å²) in [7, 11) is -4.94. The third kappa shape index (κ3) is 23.6. The predicted molar refractivity (Wildman–Crippen MR) is 240 cm³/mol. The summed E-state index contributed by atoms with van der Waals surface area (Å²) < 4.78 is 36.8. The van der Waals surface area contributed by atoms with Gasteiger partial charge in [-0.2, -0.15) is 18.4 Å².